The van der Waals surface area contributed by atoms with Gasteiger partial charge in [-0.25, -0.2) is 0 Å². The van der Waals surface area contributed by atoms with E-state index in [1.165, 1.54) is 43.2 Å². The summed E-state index contributed by atoms with van der Waals surface area (Å²) < 4.78 is 11.6. The summed E-state index contributed by atoms with van der Waals surface area (Å²) in [6.07, 6.45) is 6.61. The maximum Gasteiger partial charge on any atom is 0.287 e. The van der Waals surface area contributed by atoms with Crippen LogP contribution in [0.1, 0.15) is 59.5 Å². The van der Waals surface area contributed by atoms with Gasteiger partial charge in [-0.1, -0.05) is 6.07 Å². The highest BCUT2D eigenvalue weighted by Crippen LogP contribution is 2.53. The van der Waals surface area contributed by atoms with Gasteiger partial charge in [0.1, 0.15) is 18.1 Å². The fourth-order valence-electron chi connectivity index (χ4n) is 6.13. The number of hydrogen-bond donors (Lipinski definition) is 1. The quantitative estimate of drug-likeness (QED) is 0.793. The summed E-state index contributed by atoms with van der Waals surface area (Å²) in [5.41, 5.74) is 2.34. The van der Waals surface area contributed by atoms with Gasteiger partial charge >= 0.3 is 0 Å². The Kier molecular flexibility index (Phi) is 4.45. The highest BCUT2D eigenvalue weighted by Gasteiger charge is 2.48. The number of ether oxygens (including phenoxy) is 1. The Hall–Kier alpha value is -2.23. The fraction of sp³-hybridized carbons (Fsp3) is 0.542. The van der Waals surface area contributed by atoms with Crippen molar-refractivity contribution in [1.29, 1.82) is 0 Å². The normalized spacial score (nSPS) is 30.4. The van der Waals surface area contributed by atoms with E-state index in [0.717, 1.165) is 17.6 Å². The van der Waals surface area contributed by atoms with Crippen LogP contribution >= 0.6 is 0 Å². The van der Waals surface area contributed by atoms with Crippen molar-refractivity contribution >= 4 is 5.91 Å². The molecule has 148 valence electrons. The molecule has 4 heteroatoms. The van der Waals surface area contributed by atoms with E-state index >= 15 is 0 Å². The molecule has 0 atom stereocenters. The molecule has 0 saturated heterocycles. The van der Waals surface area contributed by atoms with Gasteiger partial charge in [-0.2, -0.15) is 0 Å². The van der Waals surface area contributed by atoms with Crippen molar-refractivity contribution in [3.63, 3.8) is 0 Å². The summed E-state index contributed by atoms with van der Waals surface area (Å²) in [6.45, 7) is 4.44. The minimum atomic E-state index is -0.0740. The molecule has 1 amide bonds. The maximum atomic E-state index is 12.8. The summed E-state index contributed by atoms with van der Waals surface area (Å²) in [4.78, 5) is 12.8. The maximum absolute atomic E-state index is 12.8. The van der Waals surface area contributed by atoms with Crippen LogP contribution in [-0.4, -0.2) is 11.9 Å². The zero-order chi connectivity index (χ0) is 19.3. The van der Waals surface area contributed by atoms with E-state index in [4.69, 9.17) is 9.15 Å². The second-order valence-electron chi connectivity index (χ2n) is 9.31. The molecule has 1 heterocycles. The number of benzene rings is 1. The van der Waals surface area contributed by atoms with E-state index in [9.17, 15) is 4.79 Å². The van der Waals surface area contributed by atoms with Gasteiger partial charge in [0.15, 0.2) is 5.76 Å². The van der Waals surface area contributed by atoms with Crippen LogP contribution in [0.3, 0.4) is 0 Å². The zero-order valence-electron chi connectivity index (χ0n) is 16.7. The standard InChI is InChI=1S/C24H29NO3/c1-14-5-15(2)7-21(6-14)27-13-20-3-4-22(28-20)24(26)25-23-18-9-16-8-17(11-18)12-19(23)10-16/h3-7,16-19,23H,8-13H2,1-2H3,(H,25,26). The molecule has 1 aromatic carbocycles. The lowest BCUT2D eigenvalue weighted by atomic mass is 9.54. The first-order valence-corrected chi connectivity index (χ1v) is 10.6. The fourth-order valence-corrected chi connectivity index (χ4v) is 6.13. The van der Waals surface area contributed by atoms with E-state index in [0.29, 0.717) is 36.0 Å². The Labute approximate surface area is 166 Å². The molecule has 4 saturated carbocycles. The number of amides is 1. The van der Waals surface area contributed by atoms with Gasteiger partial charge in [0.05, 0.1) is 0 Å². The lowest BCUT2D eigenvalue weighted by Gasteiger charge is -2.54. The summed E-state index contributed by atoms with van der Waals surface area (Å²) in [7, 11) is 0. The van der Waals surface area contributed by atoms with Crippen molar-refractivity contribution in [1.82, 2.24) is 5.32 Å². The number of carbonyl (C=O) groups excluding carboxylic acids is 1. The SMILES string of the molecule is Cc1cc(C)cc(OCc2ccc(C(=O)NC3C4CC5CC(C4)CC3C5)o2)c1. The molecular formula is C24H29NO3. The van der Waals surface area contributed by atoms with E-state index in [2.05, 4.69) is 25.2 Å². The first-order valence-electron chi connectivity index (χ1n) is 10.6. The van der Waals surface area contributed by atoms with Crippen LogP contribution < -0.4 is 10.1 Å². The highest BCUT2D eigenvalue weighted by molar-refractivity contribution is 5.91. The molecule has 28 heavy (non-hydrogen) atoms. The second kappa shape index (κ2) is 6.98. The van der Waals surface area contributed by atoms with Crippen molar-refractivity contribution < 1.29 is 13.9 Å². The number of hydrogen-bond acceptors (Lipinski definition) is 3. The van der Waals surface area contributed by atoms with Crippen molar-refractivity contribution in [2.45, 2.75) is 58.6 Å². The van der Waals surface area contributed by atoms with Crippen LogP contribution in [0.2, 0.25) is 0 Å². The predicted octanol–water partition coefficient (Wildman–Crippen LogP) is 5.03. The third kappa shape index (κ3) is 3.45. The molecule has 0 spiro atoms. The second-order valence-corrected chi connectivity index (χ2v) is 9.31. The number of aryl methyl sites for hydroxylation is 2. The average Bonchev–Trinajstić information content (AvgIpc) is 3.11. The minimum absolute atomic E-state index is 0.0740. The average molecular weight is 380 g/mol. The van der Waals surface area contributed by atoms with Crippen LogP contribution in [0, 0.1) is 37.5 Å². The van der Waals surface area contributed by atoms with Gasteiger partial charge < -0.3 is 14.5 Å². The molecule has 0 unspecified atom stereocenters. The smallest absolute Gasteiger partial charge is 0.287 e. The Morgan fingerprint density at radius 1 is 1.00 bits per heavy atom. The lowest BCUT2D eigenvalue weighted by Crippen LogP contribution is -2.55. The first kappa shape index (κ1) is 17.8. The van der Waals surface area contributed by atoms with Gasteiger partial charge in [-0.05, 0) is 105 Å². The molecule has 1 aromatic heterocycles. The van der Waals surface area contributed by atoms with Crippen LogP contribution in [0.5, 0.6) is 5.75 Å². The van der Waals surface area contributed by atoms with Gasteiger partial charge in [0.25, 0.3) is 5.91 Å². The third-order valence-electron chi connectivity index (χ3n) is 6.99. The van der Waals surface area contributed by atoms with Gasteiger partial charge in [-0.3, -0.25) is 4.79 Å². The molecule has 4 aliphatic carbocycles. The number of nitrogens with one attached hydrogen (secondary N) is 1. The molecular weight excluding hydrogens is 350 g/mol. The van der Waals surface area contributed by atoms with Crippen LogP contribution in [0.4, 0.5) is 0 Å². The Bertz CT molecular complexity index is 835. The number of carbonyl (C=O) groups is 1. The molecule has 6 rings (SSSR count). The molecule has 4 bridgehead atoms. The number of furan rings is 1. The van der Waals surface area contributed by atoms with E-state index in [1.54, 1.807) is 6.07 Å². The largest absolute Gasteiger partial charge is 0.486 e. The molecule has 0 aliphatic heterocycles. The molecule has 4 fully saturated rings. The van der Waals surface area contributed by atoms with Crippen LogP contribution in [0.15, 0.2) is 34.7 Å². The summed E-state index contributed by atoms with van der Waals surface area (Å²) in [5, 5.41) is 3.31. The summed E-state index contributed by atoms with van der Waals surface area (Å²) in [5.74, 6) is 4.98. The van der Waals surface area contributed by atoms with E-state index < -0.39 is 0 Å². The van der Waals surface area contributed by atoms with Crippen molar-refractivity contribution in [3.8, 4) is 5.75 Å². The summed E-state index contributed by atoms with van der Waals surface area (Å²) >= 11 is 0. The Morgan fingerprint density at radius 2 is 1.64 bits per heavy atom. The first-order chi connectivity index (χ1) is 13.5. The topological polar surface area (TPSA) is 51.5 Å². The van der Waals surface area contributed by atoms with Crippen LogP contribution in [0.25, 0.3) is 0 Å². The Balaban J connectivity index is 1.20. The molecule has 2 aromatic rings. The third-order valence-corrected chi connectivity index (χ3v) is 6.99. The molecule has 0 radical (unpaired) electrons. The highest BCUT2D eigenvalue weighted by atomic mass is 16.5. The minimum Gasteiger partial charge on any atom is -0.486 e. The van der Waals surface area contributed by atoms with Crippen molar-refractivity contribution in [2.75, 3.05) is 0 Å². The van der Waals surface area contributed by atoms with E-state index in [-0.39, 0.29) is 5.91 Å². The van der Waals surface area contributed by atoms with Crippen LogP contribution in [-0.2, 0) is 6.61 Å². The zero-order valence-corrected chi connectivity index (χ0v) is 16.7. The Morgan fingerprint density at radius 3 is 2.29 bits per heavy atom. The summed E-state index contributed by atoms with van der Waals surface area (Å²) in [6, 6.07) is 10.1. The number of rotatable bonds is 5. The van der Waals surface area contributed by atoms with Crippen molar-refractivity contribution in [2.24, 2.45) is 23.7 Å². The van der Waals surface area contributed by atoms with Gasteiger partial charge in [0.2, 0.25) is 0 Å². The van der Waals surface area contributed by atoms with Gasteiger partial charge in [-0.15, -0.1) is 0 Å². The molecule has 1 N–H and O–H groups in total. The molecule has 4 aliphatic rings. The van der Waals surface area contributed by atoms with Gasteiger partial charge in [0, 0.05) is 6.04 Å². The lowest BCUT2D eigenvalue weighted by molar-refractivity contribution is -0.0123. The van der Waals surface area contributed by atoms with E-state index in [1.807, 2.05) is 18.2 Å². The van der Waals surface area contributed by atoms with Crippen molar-refractivity contribution in [3.05, 3.63) is 53.0 Å². The monoisotopic (exact) mass is 379 g/mol. The predicted molar refractivity (Wildman–Crippen MR) is 107 cm³/mol. The molecule has 4 nitrogen and oxygen atoms in total.